The summed E-state index contributed by atoms with van der Waals surface area (Å²) in [4.78, 5) is 36.7. The van der Waals surface area contributed by atoms with Crippen molar-refractivity contribution in [3.05, 3.63) is 53.7 Å². The van der Waals surface area contributed by atoms with Crippen molar-refractivity contribution in [3.8, 4) is 0 Å². The predicted octanol–water partition coefficient (Wildman–Crippen LogP) is 2.24. The monoisotopic (exact) mass is 356 g/mol. The Labute approximate surface area is 151 Å². The molecule has 0 spiro atoms. The molecule has 1 amide bonds. The van der Waals surface area contributed by atoms with E-state index in [1.807, 2.05) is 13.0 Å². The number of hydrogen-bond donors (Lipinski definition) is 0. The maximum atomic E-state index is 12.9. The first-order valence-corrected chi connectivity index (χ1v) is 8.63. The van der Waals surface area contributed by atoms with Crippen LogP contribution in [-0.4, -0.2) is 52.7 Å². The van der Waals surface area contributed by atoms with Gasteiger partial charge in [-0.1, -0.05) is 0 Å². The average Bonchev–Trinajstić information content (AvgIpc) is 2.66. The minimum atomic E-state index is -0.380. The molecule has 0 aliphatic carbocycles. The highest BCUT2D eigenvalue weighted by Gasteiger charge is 2.22. The second-order valence-corrected chi connectivity index (χ2v) is 6.32. The van der Waals surface area contributed by atoms with Crippen molar-refractivity contribution in [2.75, 3.05) is 31.1 Å². The molecule has 0 saturated carbocycles. The lowest BCUT2D eigenvalue weighted by Crippen LogP contribution is -2.49. The minimum Gasteiger partial charge on any atom is -0.353 e. The Balaban J connectivity index is 1.47. The largest absolute Gasteiger partial charge is 0.353 e. The second kappa shape index (κ2) is 8.03. The number of carbonyl (C=O) groups excluding carboxylic acids is 2. The molecule has 0 unspecified atom stereocenters. The summed E-state index contributed by atoms with van der Waals surface area (Å²) < 4.78 is 12.9. The Hall–Kier alpha value is -2.83. The molecule has 0 radical (unpaired) electrons. The van der Waals surface area contributed by atoms with Crippen LogP contribution in [0.2, 0.25) is 0 Å². The molecule has 2 heterocycles. The van der Waals surface area contributed by atoms with Crippen molar-refractivity contribution in [3.63, 3.8) is 0 Å². The van der Waals surface area contributed by atoms with Crippen LogP contribution in [0.15, 0.2) is 36.7 Å². The molecule has 1 aliphatic heterocycles. The number of aromatic nitrogens is 2. The Kier molecular flexibility index (Phi) is 5.55. The number of benzene rings is 1. The number of carbonyl (C=O) groups is 2. The fraction of sp³-hybridized carbons (Fsp3) is 0.368. The number of piperazine rings is 1. The first-order chi connectivity index (χ1) is 12.5. The fourth-order valence-corrected chi connectivity index (χ4v) is 2.96. The van der Waals surface area contributed by atoms with Crippen LogP contribution < -0.4 is 4.90 Å². The molecule has 0 bridgehead atoms. The second-order valence-electron chi connectivity index (χ2n) is 6.32. The molecular formula is C19H21FN4O2. The Bertz CT molecular complexity index is 786. The van der Waals surface area contributed by atoms with Crippen LogP contribution in [0.25, 0.3) is 0 Å². The summed E-state index contributed by atoms with van der Waals surface area (Å²) in [5.41, 5.74) is 1.34. The van der Waals surface area contributed by atoms with Crippen molar-refractivity contribution in [2.45, 2.75) is 19.8 Å². The number of anilines is 1. The molecule has 0 atom stereocenters. The van der Waals surface area contributed by atoms with E-state index in [1.54, 1.807) is 11.2 Å². The minimum absolute atomic E-state index is 0.0287. The third kappa shape index (κ3) is 4.41. The van der Waals surface area contributed by atoms with Gasteiger partial charge in [0.1, 0.15) is 18.0 Å². The summed E-state index contributed by atoms with van der Waals surface area (Å²) in [6, 6.07) is 7.33. The highest BCUT2D eigenvalue weighted by atomic mass is 19.1. The van der Waals surface area contributed by atoms with Gasteiger partial charge >= 0.3 is 0 Å². The fourth-order valence-electron chi connectivity index (χ4n) is 2.96. The van der Waals surface area contributed by atoms with Gasteiger partial charge in [0.05, 0.1) is 0 Å². The average molecular weight is 356 g/mol. The van der Waals surface area contributed by atoms with E-state index in [0.717, 1.165) is 11.5 Å². The Morgan fingerprint density at radius 1 is 1.04 bits per heavy atom. The molecule has 0 N–H and O–H groups in total. The molecule has 6 nitrogen and oxygen atoms in total. The number of nitrogens with zero attached hydrogens (tertiary/aromatic N) is 4. The zero-order chi connectivity index (χ0) is 18.5. The molecule has 1 saturated heterocycles. The summed E-state index contributed by atoms with van der Waals surface area (Å²) in [6.07, 6.45) is 1.85. The number of aryl methyl sites for hydroxylation is 1. The van der Waals surface area contributed by atoms with Crippen LogP contribution >= 0.6 is 0 Å². The van der Waals surface area contributed by atoms with Crippen molar-refractivity contribution in [1.29, 1.82) is 0 Å². The van der Waals surface area contributed by atoms with Crippen molar-refractivity contribution < 1.29 is 14.0 Å². The topological polar surface area (TPSA) is 66.4 Å². The molecule has 1 aromatic carbocycles. The van der Waals surface area contributed by atoms with E-state index in [9.17, 15) is 14.0 Å². The quantitative estimate of drug-likeness (QED) is 0.769. The van der Waals surface area contributed by atoms with E-state index in [2.05, 4.69) is 14.9 Å². The molecule has 2 aromatic rings. The lowest BCUT2D eigenvalue weighted by Gasteiger charge is -2.35. The third-order valence-electron chi connectivity index (χ3n) is 4.48. The molecule has 1 aromatic heterocycles. The van der Waals surface area contributed by atoms with E-state index in [1.165, 1.54) is 24.3 Å². The van der Waals surface area contributed by atoms with Gasteiger partial charge < -0.3 is 9.80 Å². The van der Waals surface area contributed by atoms with Gasteiger partial charge in [-0.2, -0.15) is 0 Å². The summed E-state index contributed by atoms with van der Waals surface area (Å²) in [5, 5.41) is 0. The van der Waals surface area contributed by atoms with Crippen LogP contribution in [0.3, 0.4) is 0 Å². The molecule has 136 valence electrons. The van der Waals surface area contributed by atoms with Gasteiger partial charge in [-0.05, 0) is 31.2 Å². The summed E-state index contributed by atoms with van der Waals surface area (Å²) in [5.74, 6) is 0.317. The zero-order valence-corrected chi connectivity index (χ0v) is 14.7. The van der Waals surface area contributed by atoms with Gasteiger partial charge in [0, 0.05) is 56.3 Å². The lowest BCUT2D eigenvalue weighted by atomic mass is 10.1. The van der Waals surface area contributed by atoms with Gasteiger partial charge in [-0.15, -0.1) is 0 Å². The molecule has 1 aliphatic rings. The Morgan fingerprint density at radius 2 is 1.73 bits per heavy atom. The molecule has 3 rings (SSSR count). The molecule has 1 fully saturated rings. The van der Waals surface area contributed by atoms with Crippen LogP contribution in [0.1, 0.15) is 28.9 Å². The number of ketones is 1. The first kappa shape index (κ1) is 18.0. The van der Waals surface area contributed by atoms with Crippen LogP contribution in [0.4, 0.5) is 10.2 Å². The normalized spacial score (nSPS) is 14.4. The summed E-state index contributed by atoms with van der Waals surface area (Å²) in [7, 11) is 0. The lowest BCUT2D eigenvalue weighted by molar-refractivity contribution is -0.131. The molecular weight excluding hydrogens is 335 g/mol. The SMILES string of the molecule is Cc1cc(N2CCN(C(=O)CCC(=O)c3ccc(F)cc3)CC2)ncn1. The van der Waals surface area contributed by atoms with Gasteiger partial charge in [0.2, 0.25) is 5.91 Å². The predicted molar refractivity (Wildman–Crippen MR) is 95.5 cm³/mol. The Morgan fingerprint density at radius 3 is 2.38 bits per heavy atom. The standard InChI is InChI=1S/C19H21FN4O2/c1-14-12-18(22-13-21-14)23-8-10-24(11-9-23)19(26)7-6-17(25)15-2-4-16(20)5-3-15/h2-5,12-13H,6-11H2,1H3. The van der Waals surface area contributed by atoms with E-state index in [-0.39, 0.29) is 30.3 Å². The number of Topliss-reactive ketones (excluding diaryl/α,β-unsaturated/α-hetero) is 1. The maximum Gasteiger partial charge on any atom is 0.223 e. The van der Waals surface area contributed by atoms with Gasteiger partial charge in [0.15, 0.2) is 5.78 Å². The van der Waals surface area contributed by atoms with E-state index in [4.69, 9.17) is 0 Å². The van der Waals surface area contributed by atoms with Gasteiger partial charge in [-0.3, -0.25) is 9.59 Å². The summed E-state index contributed by atoms with van der Waals surface area (Å²) in [6.45, 7) is 4.53. The third-order valence-corrected chi connectivity index (χ3v) is 4.48. The smallest absolute Gasteiger partial charge is 0.223 e. The van der Waals surface area contributed by atoms with Crippen LogP contribution in [0, 0.1) is 12.7 Å². The van der Waals surface area contributed by atoms with Crippen LogP contribution in [-0.2, 0) is 4.79 Å². The van der Waals surface area contributed by atoms with Gasteiger partial charge in [-0.25, -0.2) is 14.4 Å². The molecule has 7 heteroatoms. The van der Waals surface area contributed by atoms with E-state index < -0.39 is 0 Å². The number of halogens is 1. The zero-order valence-electron chi connectivity index (χ0n) is 14.7. The van der Waals surface area contributed by atoms with Gasteiger partial charge in [0.25, 0.3) is 0 Å². The highest BCUT2D eigenvalue weighted by Crippen LogP contribution is 2.15. The van der Waals surface area contributed by atoms with Crippen molar-refractivity contribution in [2.24, 2.45) is 0 Å². The maximum absolute atomic E-state index is 12.9. The first-order valence-electron chi connectivity index (χ1n) is 8.63. The van der Waals surface area contributed by atoms with Crippen LogP contribution in [0.5, 0.6) is 0 Å². The molecule has 26 heavy (non-hydrogen) atoms. The number of amides is 1. The van der Waals surface area contributed by atoms with E-state index in [0.29, 0.717) is 31.7 Å². The number of rotatable bonds is 5. The van der Waals surface area contributed by atoms with Crippen molar-refractivity contribution >= 4 is 17.5 Å². The number of hydrogen-bond acceptors (Lipinski definition) is 5. The summed E-state index contributed by atoms with van der Waals surface area (Å²) >= 11 is 0. The highest BCUT2D eigenvalue weighted by molar-refractivity contribution is 5.97. The van der Waals surface area contributed by atoms with Crippen molar-refractivity contribution in [1.82, 2.24) is 14.9 Å². The van der Waals surface area contributed by atoms with E-state index >= 15 is 0 Å².